The highest BCUT2D eigenvalue weighted by Crippen LogP contribution is 2.29. The minimum absolute atomic E-state index is 0.0360. The number of rotatable bonds is 2. The lowest BCUT2D eigenvalue weighted by molar-refractivity contribution is -0.107. The van der Waals surface area contributed by atoms with Crippen LogP contribution in [0.15, 0.2) is 35.0 Å². The molecule has 0 aromatic heterocycles. The normalized spacial score (nSPS) is 17.6. The minimum atomic E-state index is 0.0360. The molecular weight excluding hydrogens is 250 g/mol. The monoisotopic (exact) mass is 263 g/mol. The van der Waals surface area contributed by atoms with Gasteiger partial charge in [-0.3, -0.25) is 4.79 Å². The van der Waals surface area contributed by atoms with Crippen molar-refractivity contribution in [3.63, 3.8) is 0 Å². The zero-order chi connectivity index (χ0) is 12.3. The van der Waals surface area contributed by atoms with Crippen LogP contribution in [0.25, 0.3) is 6.08 Å². The maximum atomic E-state index is 11.6. The molecule has 1 aliphatic rings. The van der Waals surface area contributed by atoms with Gasteiger partial charge in [-0.15, -0.1) is 11.8 Å². The van der Waals surface area contributed by atoms with Gasteiger partial charge in [0.1, 0.15) is 10.1 Å². The first-order valence-electron chi connectivity index (χ1n) is 5.38. The fraction of sp³-hybridized carbons (Fsp3) is 0.231. The van der Waals surface area contributed by atoms with Crippen LogP contribution in [0.3, 0.4) is 0 Å². The van der Waals surface area contributed by atoms with Gasteiger partial charge < -0.3 is 0 Å². The zero-order valence-corrected chi connectivity index (χ0v) is 11.4. The average Bonchev–Trinajstić information content (AvgIpc) is 2.71. The number of carbonyl (C=O) groups excluding carboxylic acids is 1. The van der Waals surface area contributed by atoms with Crippen LogP contribution in [-0.4, -0.2) is 15.7 Å². The largest absolute Gasteiger partial charge is 0.279 e. The quantitative estimate of drug-likeness (QED) is 0.764. The summed E-state index contributed by atoms with van der Waals surface area (Å²) in [5, 5.41) is 0.0360. The Morgan fingerprint density at radius 3 is 2.59 bits per heavy atom. The van der Waals surface area contributed by atoms with E-state index in [0.29, 0.717) is 5.70 Å². The number of hydrogen-bond acceptors (Lipinski definition) is 4. The third-order valence-electron chi connectivity index (χ3n) is 2.47. The van der Waals surface area contributed by atoms with E-state index in [4.69, 9.17) is 0 Å². The van der Waals surface area contributed by atoms with Crippen LogP contribution < -0.4 is 0 Å². The summed E-state index contributed by atoms with van der Waals surface area (Å²) >= 11 is 2.71. The standard InChI is InChI=1S/C13H13NOS2/c1-3-9-4-6-10(7-5-9)8-11-12(15)17-13(14-11)16-2/h4-8H,3H2,1-2H3/b11-8+. The third kappa shape index (κ3) is 3.01. The highest BCUT2D eigenvalue weighted by atomic mass is 32.2. The molecule has 2 nitrogen and oxygen atoms in total. The zero-order valence-electron chi connectivity index (χ0n) is 9.77. The SMILES string of the molecule is CCc1ccc(/C=C2/N=C(SC)SC2=O)cc1. The summed E-state index contributed by atoms with van der Waals surface area (Å²) in [4.78, 5) is 15.9. The van der Waals surface area contributed by atoms with Crippen molar-refractivity contribution in [3.05, 3.63) is 41.1 Å². The van der Waals surface area contributed by atoms with Crippen LogP contribution in [0.5, 0.6) is 0 Å². The molecule has 0 spiro atoms. The van der Waals surface area contributed by atoms with Crippen LogP contribution in [0, 0.1) is 0 Å². The molecule has 1 heterocycles. The van der Waals surface area contributed by atoms with Gasteiger partial charge in [-0.1, -0.05) is 31.2 Å². The molecule has 88 valence electrons. The molecular formula is C13H13NOS2. The van der Waals surface area contributed by atoms with E-state index in [2.05, 4.69) is 24.0 Å². The second-order valence-electron chi connectivity index (χ2n) is 3.60. The summed E-state index contributed by atoms with van der Waals surface area (Å²) in [5.74, 6) is 0. The van der Waals surface area contributed by atoms with Crippen LogP contribution >= 0.6 is 23.5 Å². The van der Waals surface area contributed by atoms with Crippen LogP contribution in [0.4, 0.5) is 0 Å². The van der Waals surface area contributed by atoms with Gasteiger partial charge >= 0.3 is 0 Å². The second-order valence-corrected chi connectivity index (χ2v) is 5.61. The van der Waals surface area contributed by atoms with E-state index in [-0.39, 0.29) is 5.12 Å². The van der Waals surface area contributed by atoms with Crippen molar-refractivity contribution >= 4 is 39.1 Å². The van der Waals surface area contributed by atoms with Gasteiger partial charge in [-0.05, 0) is 41.6 Å². The topological polar surface area (TPSA) is 29.4 Å². The maximum Gasteiger partial charge on any atom is 0.244 e. The molecule has 1 aromatic carbocycles. The van der Waals surface area contributed by atoms with Crippen molar-refractivity contribution in [1.29, 1.82) is 0 Å². The van der Waals surface area contributed by atoms with Crippen molar-refractivity contribution in [2.75, 3.05) is 6.26 Å². The molecule has 0 saturated carbocycles. The molecule has 0 saturated heterocycles. The lowest BCUT2D eigenvalue weighted by atomic mass is 10.1. The molecule has 0 radical (unpaired) electrons. The van der Waals surface area contributed by atoms with E-state index >= 15 is 0 Å². The predicted octanol–water partition coefficient (Wildman–Crippen LogP) is 3.58. The summed E-state index contributed by atoms with van der Waals surface area (Å²) < 4.78 is 0.825. The molecule has 17 heavy (non-hydrogen) atoms. The van der Waals surface area contributed by atoms with Gasteiger partial charge in [0.15, 0.2) is 0 Å². The molecule has 0 amide bonds. The molecule has 1 aromatic rings. The highest BCUT2D eigenvalue weighted by Gasteiger charge is 2.21. The smallest absolute Gasteiger partial charge is 0.244 e. The van der Waals surface area contributed by atoms with Gasteiger partial charge in [-0.25, -0.2) is 4.99 Å². The highest BCUT2D eigenvalue weighted by molar-refractivity contribution is 8.45. The molecule has 0 atom stereocenters. The Kier molecular flexibility index (Phi) is 4.07. The molecule has 0 bridgehead atoms. The fourth-order valence-corrected chi connectivity index (χ4v) is 2.75. The molecule has 4 heteroatoms. The number of benzene rings is 1. The summed E-state index contributed by atoms with van der Waals surface area (Å²) in [7, 11) is 0. The lowest BCUT2D eigenvalue weighted by Crippen LogP contribution is -1.88. The Morgan fingerprint density at radius 1 is 1.35 bits per heavy atom. The Labute approximate surface area is 110 Å². The molecule has 2 rings (SSSR count). The molecule has 1 aliphatic heterocycles. The van der Waals surface area contributed by atoms with Gasteiger partial charge in [0, 0.05) is 0 Å². The average molecular weight is 263 g/mol. The van der Waals surface area contributed by atoms with Crippen LogP contribution in [0.2, 0.25) is 0 Å². The Morgan fingerprint density at radius 2 is 2.06 bits per heavy atom. The van der Waals surface area contributed by atoms with Crippen molar-refractivity contribution in [3.8, 4) is 0 Å². The molecule has 0 unspecified atom stereocenters. The van der Waals surface area contributed by atoms with E-state index < -0.39 is 0 Å². The summed E-state index contributed by atoms with van der Waals surface area (Å²) in [6, 6.07) is 8.21. The van der Waals surface area contributed by atoms with E-state index in [1.807, 2.05) is 24.5 Å². The molecule has 0 N–H and O–H groups in total. The Hall–Kier alpha value is -1.00. The number of carbonyl (C=O) groups is 1. The molecule has 0 fully saturated rings. The second kappa shape index (κ2) is 5.56. The van der Waals surface area contributed by atoms with Crippen LogP contribution in [0.1, 0.15) is 18.1 Å². The summed E-state index contributed by atoms with van der Waals surface area (Å²) in [5.41, 5.74) is 2.87. The summed E-state index contributed by atoms with van der Waals surface area (Å²) in [6.45, 7) is 2.12. The number of aliphatic imine (C=N–C) groups is 1. The van der Waals surface area contributed by atoms with Crippen molar-refractivity contribution in [2.24, 2.45) is 4.99 Å². The number of nitrogens with zero attached hydrogens (tertiary/aromatic N) is 1. The Bertz CT molecular complexity index is 489. The minimum Gasteiger partial charge on any atom is -0.279 e. The first-order valence-corrected chi connectivity index (χ1v) is 7.42. The first-order chi connectivity index (χ1) is 8.22. The van der Waals surface area contributed by atoms with E-state index in [1.54, 1.807) is 0 Å². The first kappa shape index (κ1) is 12.5. The number of hydrogen-bond donors (Lipinski definition) is 0. The predicted molar refractivity (Wildman–Crippen MR) is 77.3 cm³/mol. The summed E-state index contributed by atoms with van der Waals surface area (Å²) in [6.07, 6.45) is 4.80. The maximum absolute atomic E-state index is 11.6. The lowest BCUT2D eigenvalue weighted by Gasteiger charge is -1.97. The molecule has 0 aliphatic carbocycles. The van der Waals surface area contributed by atoms with E-state index in [1.165, 1.54) is 29.1 Å². The van der Waals surface area contributed by atoms with Gasteiger partial charge in [0.2, 0.25) is 5.12 Å². The Balaban J connectivity index is 2.23. The number of thioether (sulfide) groups is 2. The number of aryl methyl sites for hydroxylation is 1. The fourth-order valence-electron chi connectivity index (χ4n) is 1.48. The van der Waals surface area contributed by atoms with Crippen molar-refractivity contribution in [2.45, 2.75) is 13.3 Å². The van der Waals surface area contributed by atoms with Crippen molar-refractivity contribution in [1.82, 2.24) is 0 Å². The van der Waals surface area contributed by atoms with E-state index in [0.717, 1.165) is 16.4 Å². The van der Waals surface area contributed by atoms with Gasteiger partial charge in [0.25, 0.3) is 0 Å². The van der Waals surface area contributed by atoms with E-state index in [9.17, 15) is 4.79 Å². The van der Waals surface area contributed by atoms with Crippen molar-refractivity contribution < 1.29 is 4.79 Å². The van der Waals surface area contributed by atoms with Gasteiger partial charge in [-0.2, -0.15) is 0 Å². The third-order valence-corrected chi connectivity index (χ3v) is 4.32. The van der Waals surface area contributed by atoms with Crippen LogP contribution in [-0.2, 0) is 11.2 Å². The van der Waals surface area contributed by atoms with Gasteiger partial charge in [0.05, 0.1) is 0 Å².